The molecule has 1 unspecified atom stereocenters. The van der Waals surface area contributed by atoms with Crippen LogP contribution in [-0.4, -0.2) is 28.5 Å². The fraction of sp³-hybridized carbons (Fsp3) is 0.214. The minimum absolute atomic E-state index is 0.126. The zero-order valence-electron chi connectivity index (χ0n) is 10.5. The number of nitrogens with zero attached hydrogens (tertiary/aromatic N) is 3. The first kappa shape index (κ1) is 11.0. The Bertz CT molecular complexity index is 651. The highest BCUT2D eigenvalue weighted by Gasteiger charge is 2.17. The molecule has 18 heavy (non-hydrogen) atoms. The van der Waals surface area contributed by atoms with E-state index in [1.54, 1.807) is 0 Å². The molecule has 0 radical (unpaired) electrons. The summed E-state index contributed by atoms with van der Waals surface area (Å²) in [6.07, 6.45) is 3.88. The second kappa shape index (κ2) is 3.99. The first-order valence-corrected chi connectivity index (χ1v) is 5.99. The molecule has 0 fully saturated rings. The molecule has 2 N–H and O–H groups in total. The quantitative estimate of drug-likeness (QED) is 0.829. The Balaban J connectivity index is 2.13. The van der Waals surface area contributed by atoms with Crippen molar-refractivity contribution in [3.63, 3.8) is 0 Å². The van der Waals surface area contributed by atoms with Crippen molar-refractivity contribution in [2.75, 3.05) is 7.05 Å². The smallest absolute Gasteiger partial charge is 0.138 e. The van der Waals surface area contributed by atoms with E-state index in [1.807, 2.05) is 43.3 Å². The molecule has 1 aliphatic heterocycles. The SMILES string of the molecule is CC1=NC(n2ccc3ccccc32)=CC(N)N1C. The molecule has 0 aliphatic carbocycles. The highest BCUT2D eigenvalue weighted by atomic mass is 15.3. The van der Waals surface area contributed by atoms with E-state index >= 15 is 0 Å². The summed E-state index contributed by atoms with van der Waals surface area (Å²) in [5.74, 6) is 1.82. The van der Waals surface area contributed by atoms with Crippen LogP contribution >= 0.6 is 0 Å². The van der Waals surface area contributed by atoms with Gasteiger partial charge in [0.25, 0.3) is 0 Å². The van der Waals surface area contributed by atoms with Crippen LogP contribution in [0.25, 0.3) is 16.7 Å². The van der Waals surface area contributed by atoms with Gasteiger partial charge in [0.1, 0.15) is 17.8 Å². The summed E-state index contributed by atoms with van der Waals surface area (Å²) in [6, 6.07) is 10.3. The van der Waals surface area contributed by atoms with Gasteiger partial charge >= 0.3 is 0 Å². The molecule has 1 atom stereocenters. The Labute approximate surface area is 106 Å². The van der Waals surface area contributed by atoms with Crippen LogP contribution in [0.3, 0.4) is 0 Å². The third kappa shape index (κ3) is 1.62. The molecule has 2 aromatic rings. The van der Waals surface area contributed by atoms with Gasteiger partial charge in [0.2, 0.25) is 0 Å². The van der Waals surface area contributed by atoms with Gasteiger partial charge in [-0.25, -0.2) is 4.99 Å². The molecular formula is C14H16N4. The van der Waals surface area contributed by atoms with Gasteiger partial charge in [0, 0.05) is 13.2 Å². The monoisotopic (exact) mass is 240 g/mol. The summed E-state index contributed by atoms with van der Waals surface area (Å²) >= 11 is 0. The standard InChI is InChI=1S/C14H16N4/c1-10-16-14(9-13(15)17(10)2)18-8-7-11-5-3-4-6-12(11)18/h3-9,13H,15H2,1-2H3. The lowest BCUT2D eigenvalue weighted by Crippen LogP contribution is -2.43. The van der Waals surface area contributed by atoms with Crippen LogP contribution in [0.15, 0.2) is 47.6 Å². The summed E-state index contributed by atoms with van der Waals surface area (Å²) in [7, 11) is 1.95. The molecule has 1 aromatic carbocycles. The summed E-state index contributed by atoms with van der Waals surface area (Å²) in [6.45, 7) is 1.97. The van der Waals surface area contributed by atoms with Gasteiger partial charge in [-0.1, -0.05) is 18.2 Å². The van der Waals surface area contributed by atoms with E-state index in [-0.39, 0.29) is 6.17 Å². The number of hydrogen-bond donors (Lipinski definition) is 1. The van der Waals surface area contributed by atoms with E-state index in [1.165, 1.54) is 5.39 Å². The predicted octanol–water partition coefficient (Wildman–Crippen LogP) is 2.09. The predicted molar refractivity (Wildman–Crippen MR) is 75.1 cm³/mol. The third-order valence-electron chi connectivity index (χ3n) is 3.40. The molecule has 0 bridgehead atoms. The summed E-state index contributed by atoms with van der Waals surface area (Å²) < 4.78 is 2.08. The van der Waals surface area contributed by atoms with Crippen molar-refractivity contribution >= 4 is 22.6 Å². The minimum atomic E-state index is -0.126. The van der Waals surface area contributed by atoms with Gasteiger partial charge in [-0.15, -0.1) is 0 Å². The molecule has 0 spiro atoms. The summed E-state index contributed by atoms with van der Waals surface area (Å²) in [5, 5.41) is 1.21. The van der Waals surface area contributed by atoms with Crippen LogP contribution in [0.2, 0.25) is 0 Å². The number of aromatic nitrogens is 1. The normalized spacial score (nSPS) is 19.9. The Morgan fingerprint density at radius 1 is 1.22 bits per heavy atom. The molecule has 0 saturated heterocycles. The molecule has 0 amide bonds. The highest BCUT2D eigenvalue weighted by Crippen LogP contribution is 2.22. The molecular weight excluding hydrogens is 224 g/mol. The molecule has 3 rings (SSSR count). The lowest BCUT2D eigenvalue weighted by molar-refractivity contribution is 0.428. The number of nitrogens with two attached hydrogens (primary N) is 1. The van der Waals surface area contributed by atoms with Gasteiger partial charge in [-0.2, -0.15) is 0 Å². The number of fused-ring (bicyclic) bond motifs is 1. The molecule has 2 heterocycles. The van der Waals surface area contributed by atoms with Gasteiger partial charge in [0.05, 0.1) is 5.52 Å². The second-order valence-corrected chi connectivity index (χ2v) is 4.53. The van der Waals surface area contributed by atoms with Crippen molar-refractivity contribution in [1.29, 1.82) is 0 Å². The van der Waals surface area contributed by atoms with Crippen LogP contribution in [0.5, 0.6) is 0 Å². The van der Waals surface area contributed by atoms with Crippen molar-refractivity contribution in [1.82, 2.24) is 9.47 Å². The van der Waals surface area contributed by atoms with Crippen molar-refractivity contribution in [3.8, 4) is 0 Å². The molecule has 1 aromatic heterocycles. The summed E-state index contributed by atoms with van der Waals surface area (Å²) in [4.78, 5) is 6.55. The maximum atomic E-state index is 6.06. The van der Waals surface area contributed by atoms with Gasteiger partial charge in [-0.05, 0) is 30.5 Å². The number of rotatable bonds is 1. The van der Waals surface area contributed by atoms with Crippen LogP contribution in [0.1, 0.15) is 6.92 Å². The molecule has 4 heteroatoms. The average Bonchev–Trinajstić information content (AvgIpc) is 2.79. The zero-order valence-corrected chi connectivity index (χ0v) is 10.5. The van der Waals surface area contributed by atoms with Crippen molar-refractivity contribution < 1.29 is 0 Å². The molecule has 4 nitrogen and oxygen atoms in total. The first-order valence-electron chi connectivity index (χ1n) is 5.99. The maximum Gasteiger partial charge on any atom is 0.138 e. The molecule has 1 aliphatic rings. The van der Waals surface area contributed by atoms with E-state index in [0.717, 1.165) is 17.2 Å². The Hall–Kier alpha value is -2.07. The van der Waals surface area contributed by atoms with Crippen LogP contribution in [0, 0.1) is 0 Å². The van der Waals surface area contributed by atoms with E-state index < -0.39 is 0 Å². The fourth-order valence-corrected chi connectivity index (χ4v) is 2.18. The third-order valence-corrected chi connectivity index (χ3v) is 3.40. The van der Waals surface area contributed by atoms with E-state index in [4.69, 9.17) is 5.73 Å². The fourth-order valence-electron chi connectivity index (χ4n) is 2.18. The number of para-hydroxylation sites is 1. The largest absolute Gasteiger partial charge is 0.344 e. The highest BCUT2D eigenvalue weighted by molar-refractivity contribution is 5.89. The number of benzene rings is 1. The lowest BCUT2D eigenvalue weighted by Gasteiger charge is -2.28. The zero-order chi connectivity index (χ0) is 12.7. The second-order valence-electron chi connectivity index (χ2n) is 4.53. The van der Waals surface area contributed by atoms with E-state index in [0.29, 0.717) is 0 Å². The number of aliphatic imine (C=N–C) groups is 1. The Morgan fingerprint density at radius 2 is 2.00 bits per heavy atom. The van der Waals surface area contributed by atoms with Crippen LogP contribution in [-0.2, 0) is 0 Å². The van der Waals surface area contributed by atoms with Crippen molar-refractivity contribution in [2.45, 2.75) is 13.1 Å². The maximum absolute atomic E-state index is 6.06. The molecule has 92 valence electrons. The van der Waals surface area contributed by atoms with Crippen LogP contribution < -0.4 is 5.73 Å². The number of hydrogen-bond acceptors (Lipinski definition) is 3. The first-order chi connectivity index (χ1) is 8.66. The van der Waals surface area contributed by atoms with Crippen molar-refractivity contribution in [3.05, 3.63) is 42.6 Å². The van der Waals surface area contributed by atoms with E-state index in [2.05, 4.69) is 27.8 Å². The van der Waals surface area contributed by atoms with E-state index in [9.17, 15) is 0 Å². The average molecular weight is 240 g/mol. The molecule has 0 saturated carbocycles. The minimum Gasteiger partial charge on any atom is -0.344 e. The van der Waals surface area contributed by atoms with Crippen molar-refractivity contribution in [2.24, 2.45) is 10.7 Å². The summed E-state index contributed by atoms with van der Waals surface area (Å²) in [5.41, 5.74) is 7.21. The van der Waals surface area contributed by atoms with Crippen LogP contribution in [0.4, 0.5) is 0 Å². The lowest BCUT2D eigenvalue weighted by atomic mass is 10.2. The number of amidine groups is 1. The van der Waals surface area contributed by atoms with Gasteiger partial charge in [-0.3, -0.25) is 0 Å². The number of likely N-dealkylation sites (N-methyl/N-ethyl adjacent to an activating group) is 1. The Morgan fingerprint density at radius 3 is 2.78 bits per heavy atom. The Kier molecular flexibility index (Phi) is 2.45. The topological polar surface area (TPSA) is 46.6 Å². The van der Waals surface area contributed by atoms with Gasteiger partial charge < -0.3 is 15.2 Å². The van der Waals surface area contributed by atoms with Gasteiger partial charge in [0.15, 0.2) is 0 Å².